The van der Waals surface area contributed by atoms with Gasteiger partial charge < -0.3 is 5.11 Å². The lowest BCUT2D eigenvalue weighted by atomic mass is 9.85. The van der Waals surface area contributed by atoms with E-state index in [1.165, 1.54) is 6.21 Å². The number of phenols is 1. The molecule has 2 N–H and O–H groups in total. The maximum Gasteiger partial charge on any atom is 0.244 e. The molecule has 0 unspecified atom stereocenters. The Labute approximate surface area is 180 Å². The molecule has 0 heterocycles. The Kier molecular flexibility index (Phi) is 4.75. The predicted octanol–water partition coefficient (Wildman–Crippen LogP) is 5.00. The van der Waals surface area contributed by atoms with Gasteiger partial charge in [-0.15, -0.1) is 0 Å². The van der Waals surface area contributed by atoms with E-state index in [1.54, 1.807) is 6.07 Å². The predicted molar refractivity (Wildman–Crippen MR) is 123 cm³/mol. The molecule has 0 saturated heterocycles. The molecular weight excluding hydrogens is 384 g/mol. The average molecular weight is 406 g/mol. The van der Waals surface area contributed by atoms with Gasteiger partial charge in [-0.2, -0.15) is 5.10 Å². The second kappa shape index (κ2) is 7.73. The van der Waals surface area contributed by atoms with Crippen molar-refractivity contribution in [3.05, 3.63) is 114 Å². The number of fused-ring (bicyclic) bond motifs is 1. The Hall–Kier alpha value is -3.92. The minimum absolute atomic E-state index is 0.122. The van der Waals surface area contributed by atoms with Crippen LogP contribution in [-0.4, -0.2) is 17.2 Å². The van der Waals surface area contributed by atoms with E-state index in [9.17, 15) is 9.90 Å². The lowest BCUT2D eigenvalue weighted by molar-refractivity contribution is -0.122. The van der Waals surface area contributed by atoms with E-state index in [2.05, 4.69) is 34.8 Å². The fourth-order valence-electron chi connectivity index (χ4n) is 4.51. The highest BCUT2D eigenvalue weighted by Gasteiger charge is 2.60. The molecule has 0 aliphatic heterocycles. The molecule has 0 aromatic heterocycles. The third-order valence-corrected chi connectivity index (χ3v) is 6.17. The molecule has 0 bridgehead atoms. The monoisotopic (exact) mass is 406 g/mol. The Morgan fingerprint density at radius 3 is 2.16 bits per heavy atom. The van der Waals surface area contributed by atoms with E-state index in [4.69, 9.17) is 0 Å². The summed E-state index contributed by atoms with van der Waals surface area (Å²) in [6, 6.07) is 31.6. The molecule has 0 radical (unpaired) electrons. The summed E-state index contributed by atoms with van der Waals surface area (Å²) >= 11 is 0. The standard InChI is InChI=1S/C27H22N2O2/c30-25-16-15-19-9-7-8-14-22(19)23(25)18-28-29-26(31)24-17-27(24,20-10-3-1-4-11-20)21-12-5-2-6-13-21/h1-16,18,24,30H,17H2,(H,29,31)/b28-18-/t24-/m0/s1. The number of hydrazone groups is 1. The van der Waals surface area contributed by atoms with Gasteiger partial charge in [0.2, 0.25) is 5.91 Å². The first-order valence-corrected chi connectivity index (χ1v) is 10.3. The number of carbonyl (C=O) groups is 1. The van der Waals surface area contributed by atoms with Crippen molar-refractivity contribution in [2.24, 2.45) is 11.0 Å². The Balaban J connectivity index is 1.40. The van der Waals surface area contributed by atoms with E-state index in [0.29, 0.717) is 5.56 Å². The summed E-state index contributed by atoms with van der Waals surface area (Å²) in [6.45, 7) is 0. The van der Waals surface area contributed by atoms with Crippen molar-refractivity contribution in [3.63, 3.8) is 0 Å². The number of benzene rings is 4. The van der Waals surface area contributed by atoms with Crippen LogP contribution in [0.5, 0.6) is 5.75 Å². The summed E-state index contributed by atoms with van der Waals surface area (Å²) in [5.74, 6) is -0.190. The van der Waals surface area contributed by atoms with Gasteiger partial charge in [-0.3, -0.25) is 4.79 Å². The molecule has 31 heavy (non-hydrogen) atoms. The fourth-order valence-corrected chi connectivity index (χ4v) is 4.51. The van der Waals surface area contributed by atoms with Gasteiger partial charge in [-0.05, 0) is 34.4 Å². The largest absolute Gasteiger partial charge is 0.507 e. The van der Waals surface area contributed by atoms with Crippen LogP contribution in [0.1, 0.15) is 23.1 Å². The van der Waals surface area contributed by atoms with Crippen molar-refractivity contribution in [1.82, 2.24) is 5.43 Å². The number of nitrogens with one attached hydrogen (secondary N) is 1. The summed E-state index contributed by atoms with van der Waals surface area (Å²) in [5.41, 5.74) is 5.23. The van der Waals surface area contributed by atoms with Gasteiger partial charge >= 0.3 is 0 Å². The fraction of sp³-hybridized carbons (Fsp3) is 0.111. The van der Waals surface area contributed by atoms with E-state index in [-0.39, 0.29) is 23.0 Å². The highest BCUT2D eigenvalue weighted by molar-refractivity contribution is 6.02. The summed E-state index contributed by atoms with van der Waals surface area (Å²) in [4.78, 5) is 13.0. The van der Waals surface area contributed by atoms with Crippen LogP contribution in [0.25, 0.3) is 10.8 Å². The smallest absolute Gasteiger partial charge is 0.244 e. The Morgan fingerprint density at radius 1 is 0.871 bits per heavy atom. The molecular formula is C27H22N2O2. The SMILES string of the molecule is O=C(N/N=C\c1c(O)ccc2ccccc12)[C@@H]1CC1(c1ccccc1)c1ccccc1. The van der Waals surface area contributed by atoms with Crippen molar-refractivity contribution < 1.29 is 9.90 Å². The molecule has 4 aromatic rings. The second-order valence-corrected chi connectivity index (χ2v) is 7.91. The Morgan fingerprint density at radius 2 is 1.48 bits per heavy atom. The van der Waals surface area contributed by atoms with Crippen LogP contribution in [0.4, 0.5) is 0 Å². The summed E-state index contributed by atoms with van der Waals surface area (Å²) in [5, 5.41) is 16.3. The third-order valence-electron chi connectivity index (χ3n) is 6.17. The minimum atomic E-state index is -0.330. The molecule has 1 amide bonds. The van der Waals surface area contributed by atoms with Crippen LogP contribution < -0.4 is 5.43 Å². The van der Waals surface area contributed by atoms with Crippen molar-refractivity contribution in [1.29, 1.82) is 0 Å². The zero-order valence-corrected chi connectivity index (χ0v) is 16.9. The number of rotatable bonds is 5. The van der Waals surface area contributed by atoms with Crippen LogP contribution in [-0.2, 0) is 10.2 Å². The van der Waals surface area contributed by atoms with Crippen LogP contribution in [0, 0.1) is 5.92 Å². The average Bonchev–Trinajstić information content (AvgIpc) is 3.59. The van der Waals surface area contributed by atoms with E-state index < -0.39 is 0 Å². The Bertz CT molecular complexity index is 1230. The summed E-state index contributed by atoms with van der Waals surface area (Å²) in [7, 11) is 0. The second-order valence-electron chi connectivity index (χ2n) is 7.91. The van der Waals surface area contributed by atoms with Gasteiger partial charge in [0.15, 0.2) is 0 Å². The molecule has 1 atom stereocenters. The molecule has 152 valence electrons. The summed E-state index contributed by atoms with van der Waals surface area (Å²) < 4.78 is 0. The van der Waals surface area contributed by atoms with Crippen LogP contribution in [0.3, 0.4) is 0 Å². The molecule has 4 nitrogen and oxygen atoms in total. The normalized spacial score (nSPS) is 17.0. The van der Waals surface area contributed by atoms with Crippen LogP contribution in [0.2, 0.25) is 0 Å². The minimum Gasteiger partial charge on any atom is -0.507 e. The molecule has 1 aliphatic rings. The van der Waals surface area contributed by atoms with Gasteiger partial charge in [0.1, 0.15) is 5.75 Å². The molecule has 1 saturated carbocycles. The lowest BCUT2D eigenvalue weighted by Gasteiger charge is -2.18. The van der Waals surface area contributed by atoms with Gasteiger partial charge in [0, 0.05) is 11.0 Å². The maximum atomic E-state index is 13.0. The third kappa shape index (κ3) is 3.36. The molecule has 0 spiro atoms. The number of nitrogens with zero attached hydrogens (tertiary/aromatic N) is 1. The number of phenolic OH excluding ortho intramolecular Hbond substituents is 1. The highest BCUT2D eigenvalue weighted by Crippen LogP contribution is 2.58. The first-order chi connectivity index (χ1) is 15.2. The first kappa shape index (κ1) is 19.1. The van der Waals surface area contributed by atoms with E-state index >= 15 is 0 Å². The highest BCUT2D eigenvalue weighted by atomic mass is 16.3. The van der Waals surface area contributed by atoms with E-state index in [0.717, 1.165) is 28.3 Å². The quantitative estimate of drug-likeness (QED) is 0.362. The molecule has 4 aromatic carbocycles. The first-order valence-electron chi connectivity index (χ1n) is 10.3. The van der Waals surface area contributed by atoms with Gasteiger partial charge in [0.25, 0.3) is 0 Å². The number of amides is 1. The van der Waals surface area contributed by atoms with Gasteiger partial charge in [0.05, 0.1) is 12.1 Å². The number of hydrogen-bond donors (Lipinski definition) is 2. The number of aromatic hydroxyl groups is 1. The molecule has 1 aliphatic carbocycles. The molecule has 1 fully saturated rings. The molecule has 5 rings (SSSR count). The maximum absolute atomic E-state index is 13.0. The zero-order valence-electron chi connectivity index (χ0n) is 16.9. The van der Waals surface area contributed by atoms with Crippen molar-refractivity contribution in [2.45, 2.75) is 11.8 Å². The van der Waals surface area contributed by atoms with Gasteiger partial charge in [-0.25, -0.2) is 5.43 Å². The lowest BCUT2D eigenvalue weighted by Crippen LogP contribution is -2.25. The van der Waals surface area contributed by atoms with Crippen LogP contribution >= 0.6 is 0 Å². The van der Waals surface area contributed by atoms with Crippen LogP contribution in [0.15, 0.2) is 102 Å². The number of hydrogen-bond acceptors (Lipinski definition) is 3. The number of carbonyl (C=O) groups excluding carboxylic acids is 1. The van der Waals surface area contributed by atoms with Crippen molar-refractivity contribution in [3.8, 4) is 5.75 Å². The van der Waals surface area contributed by atoms with Gasteiger partial charge in [-0.1, -0.05) is 91.0 Å². The summed E-state index contributed by atoms with van der Waals surface area (Å²) in [6.07, 6.45) is 2.26. The topological polar surface area (TPSA) is 61.7 Å². The van der Waals surface area contributed by atoms with E-state index in [1.807, 2.05) is 66.7 Å². The molecule has 4 heteroatoms. The van der Waals surface area contributed by atoms with Crippen molar-refractivity contribution >= 4 is 22.9 Å². The van der Waals surface area contributed by atoms with Crippen molar-refractivity contribution in [2.75, 3.05) is 0 Å². The zero-order chi connectivity index (χ0) is 21.3.